The van der Waals surface area contributed by atoms with Crippen LogP contribution in [0.4, 0.5) is 5.00 Å². The zero-order valence-corrected chi connectivity index (χ0v) is 15.7. The molecule has 0 aliphatic carbocycles. The molecule has 2 aromatic rings. The van der Waals surface area contributed by atoms with Gasteiger partial charge in [-0.3, -0.25) is 4.79 Å². The Kier molecular flexibility index (Phi) is 6.75. The molecule has 0 aliphatic rings. The molecule has 6 nitrogen and oxygen atoms in total. The summed E-state index contributed by atoms with van der Waals surface area (Å²) in [6.45, 7) is 5.62. The molecule has 0 fully saturated rings. The van der Waals surface area contributed by atoms with Crippen molar-refractivity contribution in [2.45, 2.75) is 27.2 Å². The van der Waals surface area contributed by atoms with Crippen LogP contribution in [-0.4, -0.2) is 25.1 Å². The fourth-order valence-electron chi connectivity index (χ4n) is 2.40. The lowest BCUT2D eigenvalue weighted by Gasteiger charge is -2.08. The number of esters is 1. The second-order valence-electron chi connectivity index (χ2n) is 5.40. The van der Waals surface area contributed by atoms with Gasteiger partial charge in [-0.25, -0.2) is 4.79 Å². The molecule has 0 unspecified atom stereocenters. The Morgan fingerprint density at radius 1 is 1.31 bits per heavy atom. The molecule has 2 rings (SSSR count). The van der Waals surface area contributed by atoms with E-state index in [-0.39, 0.29) is 19.1 Å². The van der Waals surface area contributed by atoms with Crippen LogP contribution in [0.2, 0.25) is 0 Å². The van der Waals surface area contributed by atoms with Crippen molar-refractivity contribution < 1.29 is 19.1 Å². The monoisotopic (exact) mass is 372 g/mol. The minimum Gasteiger partial charge on any atom is -0.484 e. The quantitative estimate of drug-likeness (QED) is 0.749. The van der Waals surface area contributed by atoms with Gasteiger partial charge in [0.05, 0.1) is 23.8 Å². The van der Waals surface area contributed by atoms with Crippen LogP contribution in [0, 0.1) is 18.3 Å². The highest BCUT2D eigenvalue weighted by molar-refractivity contribution is 7.17. The summed E-state index contributed by atoms with van der Waals surface area (Å²) in [5, 5.41) is 12.1. The average molecular weight is 372 g/mol. The number of nitrogens with one attached hydrogen (secondary N) is 1. The van der Waals surface area contributed by atoms with Crippen molar-refractivity contribution in [3.8, 4) is 11.8 Å². The van der Waals surface area contributed by atoms with Crippen molar-refractivity contribution in [1.82, 2.24) is 0 Å². The number of rotatable bonds is 7. The molecular formula is C19H20N2O4S. The molecule has 1 heterocycles. The molecule has 0 radical (unpaired) electrons. The van der Waals surface area contributed by atoms with Gasteiger partial charge in [0.25, 0.3) is 5.91 Å². The number of anilines is 1. The van der Waals surface area contributed by atoms with Gasteiger partial charge in [-0.05, 0) is 44.0 Å². The first kappa shape index (κ1) is 19.5. The summed E-state index contributed by atoms with van der Waals surface area (Å²) in [7, 11) is 0. The highest BCUT2D eigenvalue weighted by Crippen LogP contribution is 2.34. The van der Waals surface area contributed by atoms with Gasteiger partial charge in [0.15, 0.2) is 6.61 Å². The minimum absolute atomic E-state index is 0.227. The van der Waals surface area contributed by atoms with E-state index in [2.05, 4.69) is 5.32 Å². The molecule has 7 heteroatoms. The second-order valence-corrected chi connectivity index (χ2v) is 6.51. The normalized spacial score (nSPS) is 10.1. The standard InChI is InChI=1S/C19H20N2O4S/c1-4-15-12(3)17(19(23)24-5-2)18(26-15)21-16(22)11-25-14-8-6-7-13(9-14)10-20/h6-9H,4-5,11H2,1-3H3,(H,21,22). The van der Waals surface area contributed by atoms with Gasteiger partial charge in [-0.2, -0.15) is 5.26 Å². The molecule has 1 aromatic heterocycles. The largest absolute Gasteiger partial charge is 0.484 e. The molecule has 1 amide bonds. The Morgan fingerprint density at radius 2 is 2.08 bits per heavy atom. The predicted octanol–water partition coefficient (Wildman–Crippen LogP) is 3.68. The van der Waals surface area contributed by atoms with Crippen LogP contribution in [0.1, 0.15) is 40.2 Å². The van der Waals surface area contributed by atoms with Crippen molar-refractivity contribution in [1.29, 1.82) is 5.26 Å². The SMILES string of the molecule is CCOC(=O)c1c(NC(=O)COc2cccc(C#N)c2)sc(CC)c1C. The molecule has 1 aromatic carbocycles. The van der Waals surface area contributed by atoms with Crippen LogP contribution in [0.25, 0.3) is 0 Å². The zero-order valence-electron chi connectivity index (χ0n) is 14.9. The Morgan fingerprint density at radius 3 is 2.73 bits per heavy atom. The molecule has 0 saturated carbocycles. The fraction of sp³-hybridized carbons (Fsp3) is 0.316. The van der Waals surface area contributed by atoms with E-state index < -0.39 is 5.97 Å². The number of ether oxygens (including phenoxy) is 2. The maximum absolute atomic E-state index is 12.2. The summed E-state index contributed by atoms with van der Waals surface area (Å²) in [5.41, 5.74) is 1.68. The first-order valence-corrected chi connectivity index (χ1v) is 9.03. The van der Waals surface area contributed by atoms with Gasteiger partial charge in [0.1, 0.15) is 10.8 Å². The highest BCUT2D eigenvalue weighted by atomic mass is 32.1. The van der Waals surface area contributed by atoms with Gasteiger partial charge in [-0.15, -0.1) is 11.3 Å². The van der Waals surface area contributed by atoms with Crippen LogP contribution in [0.3, 0.4) is 0 Å². The summed E-state index contributed by atoms with van der Waals surface area (Å²) >= 11 is 1.36. The number of hydrogen-bond acceptors (Lipinski definition) is 6. The minimum atomic E-state index is -0.445. The van der Waals surface area contributed by atoms with Crippen molar-refractivity contribution in [3.63, 3.8) is 0 Å². The predicted molar refractivity (Wildman–Crippen MR) is 99.7 cm³/mol. The molecule has 26 heavy (non-hydrogen) atoms. The van der Waals surface area contributed by atoms with Gasteiger partial charge < -0.3 is 14.8 Å². The maximum Gasteiger partial charge on any atom is 0.341 e. The number of carbonyl (C=O) groups is 2. The number of thiophene rings is 1. The van der Waals surface area contributed by atoms with E-state index >= 15 is 0 Å². The average Bonchev–Trinajstić information content (AvgIpc) is 2.95. The van der Waals surface area contributed by atoms with E-state index in [0.29, 0.717) is 21.9 Å². The first-order chi connectivity index (χ1) is 12.5. The molecule has 1 N–H and O–H groups in total. The second kappa shape index (κ2) is 9.02. The molecule has 0 saturated heterocycles. The fourth-order valence-corrected chi connectivity index (χ4v) is 3.55. The number of amides is 1. The third-order valence-corrected chi connectivity index (χ3v) is 4.98. The van der Waals surface area contributed by atoms with Crippen molar-refractivity contribution in [2.75, 3.05) is 18.5 Å². The molecule has 136 valence electrons. The summed E-state index contributed by atoms with van der Waals surface area (Å²) < 4.78 is 10.5. The van der Waals surface area contributed by atoms with Crippen LogP contribution >= 0.6 is 11.3 Å². The smallest absolute Gasteiger partial charge is 0.341 e. The number of benzene rings is 1. The van der Waals surface area contributed by atoms with Crippen molar-refractivity contribution >= 4 is 28.2 Å². The number of nitriles is 1. The van der Waals surface area contributed by atoms with E-state index in [1.54, 1.807) is 31.2 Å². The number of hydrogen-bond donors (Lipinski definition) is 1. The summed E-state index contributed by atoms with van der Waals surface area (Å²) in [4.78, 5) is 25.5. The maximum atomic E-state index is 12.2. The summed E-state index contributed by atoms with van der Waals surface area (Å²) in [6, 6.07) is 8.57. The molecule has 0 atom stereocenters. The number of aryl methyl sites for hydroxylation is 1. The van der Waals surface area contributed by atoms with Crippen LogP contribution in [0.15, 0.2) is 24.3 Å². The molecule has 0 spiro atoms. The van der Waals surface area contributed by atoms with Gasteiger partial charge in [-0.1, -0.05) is 13.0 Å². The lowest BCUT2D eigenvalue weighted by atomic mass is 10.1. The van der Waals surface area contributed by atoms with E-state index in [0.717, 1.165) is 16.9 Å². The summed E-state index contributed by atoms with van der Waals surface area (Å²) in [5.74, 6) is -0.401. The van der Waals surface area contributed by atoms with Crippen molar-refractivity contribution in [3.05, 3.63) is 45.8 Å². The van der Waals surface area contributed by atoms with Gasteiger partial charge >= 0.3 is 5.97 Å². The molecule has 0 aliphatic heterocycles. The highest BCUT2D eigenvalue weighted by Gasteiger charge is 2.23. The Balaban J connectivity index is 2.10. The van der Waals surface area contributed by atoms with E-state index in [1.807, 2.05) is 19.9 Å². The van der Waals surface area contributed by atoms with E-state index in [1.165, 1.54) is 11.3 Å². The first-order valence-electron chi connectivity index (χ1n) is 8.22. The van der Waals surface area contributed by atoms with Crippen molar-refractivity contribution in [2.24, 2.45) is 0 Å². The van der Waals surface area contributed by atoms with Gasteiger partial charge in [0.2, 0.25) is 0 Å². The van der Waals surface area contributed by atoms with Crippen LogP contribution in [-0.2, 0) is 16.0 Å². The van der Waals surface area contributed by atoms with Gasteiger partial charge in [0, 0.05) is 4.88 Å². The Labute approximate surface area is 156 Å². The zero-order chi connectivity index (χ0) is 19.1. The lowest BCUT2D eigenvalue weighted by molar-refractivity contribution is -0.118. The topological polar surface area (TPSA) is 88.4 Å². The Hall–Kier alpha value is -2.85. The summed E-state index contributed by atoms with van der Waals surface area (Å²) in [6.07, 6.45) is 0.760. The lowest BCUT2D eigenvalue weighted by Crippen LogP contribution is -2.21. The third-order valence-electron chi connectivity index (χ3n) is 3.63. The molecular weight excluding hydrogens is 352 g/mol. The van der Waals surface area contributed by atoms with Crippen LogP contribution in [0.5, 0.6) is 5.75 Å². The number of nitrogens with zero attached hydrogens (tertiary/aromatic N) is 1. The van der Waals surface area contributed by atoms with Crippen LogP contribution < -0.4 is 10.1 Å². The number of carbonyl (C=O) groups excluding carboxylic acids is 2. The van der Waals surface area contributed by atoms with E-state index in [9.17, 15) is 9.59 Å². The Bertz CT molecular complexity index is 852. The third kappa shape index (κ3) is 4.61. The van der Waals surface area contributed by atoms with E-state index in [4.69, 9.17) is 14.7 Å². The molecule has 0 bridgehead atoms.